The number of hydrogen-bond donors (Lipinski definition) is 0. The van der Waals surface area contributed by atoms with Crippen LogP contribution in [0.2, 0.25) is 0 Å². The molecule has 1 aliphatic heterocycles. The van der Waals surface area contributed by atoms with E-state index in [1.807, 2.05) is 54.4 Å². The molecule has 1 amide bonds. The van der Waals surface area contributed by atoms with Crippen LogP contribution in [0.1, 0.15) is 18.5 Å². The van der Waals surface area contributed by atoms with Crippen LogP contribution < -0.4 is 0 Å². The topological polar surface area (TPSA) is 47.4 Å². The van der Waals surface area contributed by atoms with E-state index in [-0.39, 0.29) is 12.0 Å². The minimum Gasteiger partial charge on any atom is -0.375 e. The van der Waals surface area contributed by atoms with Gasteiger partial charge >= 0.3 is 0 Å². The van der Waals surface area contributed by atoms with Crippen molar-refractivity contribution in [1.29, 1.82) is 0 Å². The summed E-state index contributed by atoms with van der Waals surface area (Å²) in [6, 6.07) is 11.2. The molecule has 0 aliphatic carbocycles. The molecule has 0 N–H and O–H groups in total. The molecule has 5 heteroatoms. The number of carbonyl (C=O) groups is 1. The van der Waals surface area contributed by atoms with E-state index in [4.69, 9.17) is 4.74 Å². The van der Waals surface area contributed by atoms with Crippen molar-refractivity contribution in [3.05, 3.63) is 54.4 Å². The van der Waals surface area contributed by atoms with Crippen LogP contribution in [0, 0.1) is 0 Å². The Morgan fingerprint density at radius 3 is 2.81 bits per heavy atom. The molecular formula is C16H19N3O2. The lowest BCUT2D eigenvalue weighted by molar-refractivity contribution is -0.140. The van der Waals surface area contributed by atoms with Gasteiger partial charge in [-0.1, -0.05) is 30.3 Å². The Morgan fingerprint density at radius 2 is 2.14 bits per heavy atom. The number of benzene rings is 1. The second-order valence-corrected chi connectivity index (χ2v) is 5.26. The van der Waals surface area contributed by atoms with Gasteiger partial charge in [-0.15, -0.1) is 0 Å². The molecule has 0 bridgehead atoms. The summed E-state index contributed by atoms with van der Waals surface area (Å²) in [6.07, 6.45) is 3.61. The summed E-state index contributed by atoms with van der Waals surface area (Å²) < 4.78 is 7.24. The second-order valence-electron chi connectivity index (χ2n) is 5.26. The maximum Gasteiger partial charge on any atom is 0.252 e. The Kier molecular flexibility index (Phi) is 4.01. The lowest BCUT2D eigenvalue weighted by Gasteiger charge is -2.33. The van der Waals surface area contributed by atoms with Gasteiger partial charge in [0, 0.05) is 25.5 Å². The van der Waals surface area contributed by atoms with Crippen LogP contribution in [0.15, 0.2) is 48.8 Å². The first kappa shape index (κ1) is 13.8. The van der Waals surface area contributed by atoms with Crippen molar-refractivity contribution in [2.24, 2.45) is 0 Å². The summed E-state index contributed by atoms with van der Waals surface area (Å²) in [5.41, 5.74) is 0.949. The largest absolute Gasteiger partial charge is 0.375 e. The number of rotatable bonds is 3. The molecule has 0 saturated carbocycles. The van der Waals surface area contributed by atoms with Gasteiger partial charge in [0.25, 0.3) is 5.91 Å². The minimum absolute atomic E-state index is 0.0695. The molecule has 21 heavy (non-hydrogen) atoms. The Hall–Kier alpha value is -2.14. The van der Waals surface area contributed by atoms with Crippen molar-refractivity contribution in [3.8, 4) is 0 Å². The van der Waals surface area contributed by atoms with Gasteiger partial charge in [0.15, 0.2) is 6.04 Å². The summed E-state index contributed by atoms with van der Waals surface area (Å²) in [4.78, 5) is 14.8. The van der Waals surface area contributed by atoms with Gasteiger partial charge in [0.1, 0.15) is 0 Å². The fourth-order valence-corrected chi connectivity index (χ4v) is 2.67. The highest BCUT2D eigenvalue weighted by molar-refractivity contribution is 5.83. The van der Waals surface area contributed by atoms with Crippen molar-refractivity contribution in [2.45, 2.75) is 19.1 Å². The van der Waals surface area contributed by atoms with Crippen molar-refractivity contribution in [2.75, 3.05) is 19.7 Å². The van der Waals surface area contributed by atoms with E-state index >= 15 is 0 Å². The molecule has 110 valence electrons. The van der Waals surface area contributed by atoms with Crippen LogP contribution in [-0.2, 0) is 9.53 Å². The number of amides is 1. The highest BCUT2D eigenvalue weighted by Gasteiger charge is 2.30. The second kappa shape index (κ2) is 6.10. The van der Waals surface area contributed by atoms with Crippen LogP contribution in [0.4, 0.5) is 0 Å². The Balaban J connectivity index is 1.90. The smallest absolute Gasteiger partial charge is 0.252 e. The number of nitrogens with zero attached hydrogens (tertiary/aromatic N) is 3. The maximum absolute atomic E-state index is 13.0. The van der Waals surface area contributed by atoms with Gasteiger partial charge in [0.2, 0.25) is 0 Å². The quantitative estimate of drug-likeness (QED) is 0.862. The van der Waals surface area contributed by atoms with Gasteiger partial charge in [-0.25, -0.2) is 0 Å². The molecule has 1 aliphatic rings. The standard InChI is InChI=1S/C16H19N3O2/c1-13-12-18(10-11-21-13)16(20)15(19-9-5-8-17-19)14-6-3-2-4-7-14/h2-9,13,15H,10-12H2,1H3/t13-,15-/m1/s1. The van der Waals surface area contributed by atoms with Crippen molar-refractivity contribution < 1.29 is 9.53 Å². The predicted octanol–water partition coefficient (Wildman–Crippen LogP) is 1.72. The van der Waals surface area contributed by atoms with Crippen LogP contribution in [0.25, 0.3) is 0 Å². The normalized spacial score (nSPS) is 20.2. The average molecular weight is 285 g/mol. The molecule has 2 aromatic rings. The molecule has 5 nitrogen and oxygen atoms in total. The van der Waals surface area contributed by atoms with Crippen LogP contribution in [0.5, 0.6) is 0 Å². The first-order valence-corrected chi connectivity index (χ1v) is 7.20. The van der Waals surface area contributed by atoms with E-state index in [1.54, 1.807) is 10.9 Å². The zero-order chi connectivity index (χ0) is 14.7. The molecule has 0 spiro atoms. The Labute approximate surface area is 124 Å². The zero-order valence-corrected chi connectivity index (χ0v) is 12.1. The van der Waals surface area contributed by atoms with E-state index < -0.39 is 6.04 Å². The third-order valence-electron chi connectivity index (χ3n) is 3.69. The summed E-state index contributed by atoms with van der Waals surface area (Å²) in [6.45, 7) is 3.84. The van der Waals surface area contributed by atoms with Crippen LogP contribution >= 0.6 is 0 Å². The third kappa shape index (κ3) is 2.97. The van der Waals surface area contributed by atoms with Gasteiger partial charge in [-0.3, -0.25) is 9.48 Å². The number of morpholine rings is 1. The molecule has 2 atom stereocenters. The molecule has 1 saturated heterocycles. The Bertz CT molecular complexity index is 583. The number of hydrogen-bond acceptors (Lipinski definition) is 3. The Morgan fingerprint density at radius 1 is 1.33 bits per heavy atom. The van der Waals surface area contributed by atoms with E-state index in [2.05, 4.69) is 5.10 Å². The van der Waals surface area contributed by atoms with Crippen molar-refractivity contribution >= 4 is 5.91 Å². The molecule has 0 unspecified atom stereocenters. The number of aromatic nitrogens is 2. The van der Waals surface area contributed by atoms with E-state index in [0.29, 0.717) is 19.7 Å². The highest BCUT2D eigenvalue weighted by Crippen LogP contribution is 2.21. The van der Waals surface area contributed by atoms with Crippen molar-refractivity contribution in [1.82, 2.24) is 14.7 Å². The van der Waals surface area contributed by atoms with E-state index in [0.717, 1.165) is 5.56 Å². The SMILES string of the molecule is C[C@@H]1CN(C(=O)[C@@H](c2ccccc2)n2cccn2)CCO1. The number of ether oxygens (including phenoxy) is 1. The lowest BCUT2D eigenvalue weighted by atomic mass is 10.1. The predicted molar refractivity (Wildman–Crippen MR) is 78.8 cm³/mol. The minimum atomic E-state index is -0.411. The first-order chi connectivity index (χ1) is 10.3. The van der Waals surface area contributed by atoms with Crippen molar-refractivity contribution in [3.63, 3.8) is 0 Å². The van der Waals surface area contributed by atoms with Gasteiger partial charge in [-0.05, 0) is 18.6 Å². The summed E-state index contributed by atoms with van der Waals surface area (Å²) in [5.74, 6) is 0.0695. The summed E-state index contributed by atoms with van der Waals surface area (Å²) >= 11 is 0. The van der Waals surface area contributed by atoms with Gasteiger partial charge in [0.05, 0.1) is 12.7 Å². The van der Waals surface area contributed by atoms with E-state index in [1.165, 1.54) is 0 Å². The molecule has 1 aromatic heterocycles. The summed E-state index contributed by atoms with van der Waals surface area (Å²) in [7, 11) is 0. The zero-order valence-electron chi connectivity index (χ0n) is 12.1. The fourth-order valence-electron chi connectivity index (χ4n) is 2.67. The average Bonchev–Trinajstić information content (AvgIpc) is 3.02. The fraction of sp³-hybridized carbons (Fsp3) is 0.375. The first-order valence-electron chi connectivity index (χ1n) is 7.20. The maximum atomic E-state index is 13.0. The molecule has 3 rings (SSSR count). The third-order valence-corrected chi connectivity index (χ3v) is 3.69. The molecule has 1 fully saturated rings. The lowest BCUT2D eigenvalue weighted by Crippen LogP contribution is -2.47. The van der Waals surface area contributed by atoms with Gasteiger partial charge < -0.3 is 9.64 Å². The summed E-state index contributed by atoms with van der Waals surface area (Å²) in [5, 5.41) is 4.27. The van der Waals surface area contributed by atoms with Gasteiger partial charge in [-0.2, -0.15) is 5.10 Å². The molecule has 0 radical (unpaired) electrons. The highest BCUT2D eigenvalue weighted by atomic mass is 16.5. The molecular weight excluding hydrogens is 266 g/mol. The molecule has 2 heterocycles. The van der Waals surface area contributed by atoms with Crippen LogP contribution in [0.3, 0.4) is 0 Å². The number of carbonyl (C=O) groups excluding carboxylic acids is 1. The van der Waals surface area contributed by atoms with E-state index in [9.17, 15) is 4.79 Å². The molecule has 1 aromatic carbocycles. The van der Waals surface area contributed by atoms with Crippen LogP contribution in [-0.4, -0.2) is 46.4 Å². The monoisotopic (exact) mass is 285 g/mol.